The van der Waals surface area contributed by atoms with Gasteiger partial charge in [-0.05, 0) is 13.8 Å². The van der Waals surface area contributed by atoms with Gasteiger partial charge in [-0.25, -0.2) is 14.8 Å². The zero-order valence-corrected chi connectivity index (χ0v) is 12.7. The zero-order valence-electron chi connectivity index (χ0n) is 12.0. The molecule has 0 aliphatic carbocycles. The fraction of sp³-hybridized carbons (Fsp3) is 0.615. The van der Waals surface area contributed by atoms with Gasteiger partial charge in [0.1, 0.15) is 22.8 Å². The number of ether oxygens (including phenoxy) is 1. The summed E-state index contributed by atoms with van der Waals surface area (Å²) in [6.45, 7) is 9.82. The number of nitrogens with zero attached hydrogens (tertiary/aromatic N) is 2. The van der Waals surface area contributed by atoms with E-state index in [0.717, 1.165) is 0 Å². The summed E-state index contributed by atoms with van der Waals surface area (Å²) in [5.41, 5.74) is -0.214. The van der Waals surface area contributed by atoms with Gasteiger partial charge in [-0.2, -0.15) is 0 Å². The van der Waals surface area contributed by atoms with E-state index in [1.807, 2.05) is 20.8 Å². The van der Waals surface area contributed by atoms with Crippen LogP contribution in [0.1, 0.15) is 40.4 Å². The molecule has 0 aromatic carbocycles. The Morgan fingerprint density at radius 3 is 2.63 bits per heavy atom. The maximum atomic E-state index is 11.6. The Balaban J connectivity index is 2.90. The first-order valence-electron chi connectivity index (χ1n) is 6.22. The first kappa shape index (κ1) is 15.7. The molecule has 1 heterocycles. The largest absolute Gasteiger partial charge is 0.464 e. The van der Waals surface area contributed by atoms with Crippen molar-refractivity contribution >= 4 is 23.4 Å². The Bertz CT molecular complexity index is 458. The van der Waals surface area contributed by atoms with E-state index in [-0.39, 0.29) is 11.4 Å². The predicted molar refractivity (Wildman–Crippen MR) is 75.5 cm³/mol. The topological polar surface area (TPSA) is 64.1 Å². The molecule has 1 rings (SSSR count). The van der Waals surface area contributed by atoms with Gasteiger partial charge in [0, 0.05) is 11.5 Å². The van der Waals surface area contributed by atoms with E-state index in [2.05, 4.69) is 15.3 Å². The molecule has 19 heavy (non-hydrogen) atoms. The minimum atomic E-state index is -0.487. The number of anilines is 1. The van der Waals surface area contributed by atoms with Gasteiger partial charge in [-0.3, -0.25) is 0 Å². The number of hydrogen-bond acceptors (Lipinski definition) is 5. The Kier molecular flexibility index (Phi) is 5.11. The minimum Gasteiger partial charge on any atom is -0.464 e. The van der Waals surface area contributed by atoms with Crippen LogP contribution in [0.15, 0.2) is 6.07 Å². The third-order valence-electron chi connectivity index (χ3n) is 2.37. The first-order valence-corrected chi connectivity index (χ1v) is 6.60. The molecule has 1 atom stereocenters. The average Bonchev–Trinajstić information content (AvgIpc) is 2.27. The number of nitrogens with one attached hydrogen (secondary N) is 1. The summed E-state index contributed by atoms with van der Waals surface area (Å²) in [4.78, 5) is 20.1. The first-order chi connectivity index (χ1) is 8.74. The second kappa shape index (κ2) is 6.19. The summed E-state index contributed by atoms with van der Waals surface area (Å²) in [5, 5.41) is 3.32. The fourth-order valence-electron chi connectivity index (χ4n) is 1.37. The van der Waals surface area contributed by atoms with Crippen molar-refractivity contribution in [3.8, 4) is 0 Å². The number of aromatic nitrogens is 2. The average molecular weight is 286 g/mol. The maximum Gasteiger partial charge on any atom is 0.328 e. The molecule has 0 fully saturated rings. The van der Waals surface area contributed by atoms with Gasteiger partial charge in [0.25, 0.3) is 0 Å². The van der Waals surface area contributed by atoms with Crippen LogP contribution < -0.4 is 5.32 Å². The molecule has 0 saturated carbocycles. The summed E-state index contributed by atoms with van der Waals surface area (Å²) >= 11 is 5.97. The van der Waals surface area contributed by atoms with Crippen LogP contribution in [-0.4, -0.2) is 28.6 Å². The van der Waals surface area contributed by atoms with Crippen LogP contribution in [-0.2, 0) is 14.9 Å². The van der Waals surface area contributed by atoms with Gasteiger partial charge < -0.3 is 10.1 Å². The highest BCUT2D eigenvalue weighted by Crippen LogP contribution is 2.22. The van der Waals surface area contributed by atoms with Gasteiger partial charge in [0.05, 0.1) is 6.61 Å². The third-order valence-corrected chi connectivity index (χ3v) is 2.56. The van der Waals surface area contributed by atoms with Crippen LogP contribution in [0.2, 0.25) is 5.15 Å². The molecule has 6 heteroatoms. The number of carbonyl (C=O) groups is 1. The van der Waals surface area contributed by atoms with E-state index in [4.69, 9.17) is 16.3 Å². The van der Waals surface area contributed by atoms with Gasteiger partial charge in [-0.15, -0.1) is 0 Å². The lowest BCUT2D eigenvalue weighted by molar-refractivity contribution is -0.143. The number of rotatable bonds is 4. The van der Waals surface area contributed by atoms with Crippen LogP contribution in [0.3, 0.4) is 0 Å². The van der Waals surface area contributed by atoms with E-state index in [0.29, 0.717) is 23.4 Å². The molecular weight excluding hydrogens is 266 g/mol. The molecule has 0 radical (unpaired) electrons. The van der Waals surface area contributed by atoms with E-state index >= 15 is 0 Å². The van der Waals surface area contributed by atoms with Crippen molar-refractivity contribution < 1.29 is 9.53 Å². The Morgan fingerprint density at radius 2 is 2.11 bits per heavy atom. The molecule has 1 N–H and O–H groups in total. The van der Waals surface area contributed by atoms with Gasteiger partial charge >= 0.3 is 5.97 Å². The summed E-state index contributed by atoms with van der Waals surface area (Å²) in [5.74, 6) is 0.818. The zero-order chi connectivity index (χ0) is 14.6. The van der Waals surface area contributed by atoms with E-state index in [1.165, 1.54) is 0 Å². The van der Waals surface area contributed by atoms with Crippen LogP contribution in [0.5, 0.6) is 0 Å². The van der Waals surface area contributed by atoms with Crippen LogP contribution in [0, 0.1) is 0 Å². The molecule has 0 aliphatic rings. The SMILES string of the molecule is CCOC(=O)C(C)Nc1cc(Cl)nc(C(C)(C)C)n1. The number of halogens is 1. The predicted octanol–water partition coefficient (Wildman–Crippen LogP) is 2.79. The van der Waals surface area contributed by atoms with Crippen molar-refractivity contribution in [1.29, 1.82) is 0 Å². The van der Waals surface area contributed by atoms with Crippen molar-refractivity contribution in [3.05, 3.63) is 17.0 Å². The van der Waals surface area contributed by atoms with E-state index in [9.17, 15) is 4.79 Å². The lowest BCUT2D eigenvalue weighted by Crippen LogP contribution is -2.29. The fourth-order valence-corrected chi connectivity index (χ4v) is 1.56. The molecule has 0 aliphatic heterocycles. The second-order valence-electron chi connectivity index (χ2n) is 5.27. The monoisotopic (exact) mass is 285 g/mol. The third kappa shape index (κ3) is 4.67. The van der Waals surface area contributed by atoms with Crippen LogP contribution >= 0.6 is 11.6 Å². The van der Waals surface area contributed by atoms with Crippen molar-refractivity contribution in [2.75, 3.05) is 11.9 Å². The summed E-state index contributed by atoms with van der Waals surface area (Å²) < 4.78 is 4.93. The van der Waals surface area contributed by atoms with Crippen molar-refractivity contribution in [3.63, 3.8) is 0 Å². The highest BCUT2D eigenvalue weighted by atomic mass is 35.5. The molecule has 1 aromatic rings. The van der Waals surface area contributed by atoms with E-state index in [1.54, 1.807) is 19.9 Å². The molecule has 1 unspecified atom stereocenters. The summed E-state index contributed by atoms with van der Waals surface area (Å²) in [7, 11) is 0. The highest BCUT2D eigenvalue weighted by molar-refractivity contribution is 6.29. The van der Waals surface area contributed by atoms with Crippen LogP contribution in [0.4, 0.5) is 5.82 Å². The van der Waals surface area contributed by atoms with Crippen molar-refractivity contribution in [2.24, 2.45) is 0 Å². The lowest BCUT2D eigenvalue weighted by atomic mass is 9.96. The minimum absolute atomic E-state index is 0.214. The Morgan fingerprint density at radius 1 is 1.47 bits per heavy atom. The van der Waals surface area contributed by atoms with Gasteiger partial charge in [0.2, 0.25) is 0 Å². The Labute approximate surface area is 118 Å². The van der Waals surface area contributed by atoms with Crippen molar-refractivity contribution in [1.82, 2.24) is 9.97 Å². The maximum absolute atomic E-state index is 11.6. The molecule has 1 aromatic heterocycles. The normalized spacial score (nSPS) is 12.9. The number of carbonyl (C=O) groups excluding carboxylic acids is 1. The number of hydrogen-bond donors (Lipinski definition) is 1. The number of esters is 1. The summed E-state index contributed by atoms with van der Waals surface area (Å²) in [6.07, 6.45) is 0. The summed E-state index contributed by atoms with van der Waals surface area (Å²) in [6, 6.07) is 1.10. The smallest absolute Gasteiger partial charge is 0.328 e. The van der Waals surface area contributed by atoms with E-state index < -0.39 is 6.04 Å². The molecular formula is C13H20ClN3O2. The quantitative estimate of drug-likeness (QED) is 0.681. The molecule has 5 nitrogen and oxygen atoms in total. The van der Waals surface area contributed by atoms with Gasteiger partial charge in [-0.1, -0.05) is 32.4 Å². The second-order valence-corrected chi connectivity index (χ2v) is 5.65. The lowest BCUT2D eigenvalue weighted by Gasteiger charge is -2.19. The highest BCUT2D eigenvalue weighted by Gasteiger charge is 2.20. The van der Waals surface area contributed by atoms with Crippen molar-refractivity contribution in [2.45, 2.75) is 46.1 Å². The standard InChI is InChI=1S/C13H20ClN3O2/c1-6-19-11(18)8(2)15-10-7-9(14)16-12(17-10)13(3,4)5/h7-8H,6H2,1-5H3,(H,15,16,17). The van der Waals surface area contributed by atoms with Gasteiger partial charge in [0.15, 0.2) is 0 Å². The molecule has 0 saturated heterocycles. The Hall–Kier alpha value is -1.36. The molecule has 0 spiro atoms. The van der Waals surface area contributed by atoms with Crippen LogP contribution in [0.25, 0.3) is 0 Å². The molecule has 0 bridgehead atoms. The molecule has 106 valence electrons. The molecule has 0 amide bonds.